The van der Waals surface area contributed by atoms with E-state index in [1.54, 1.807) is 18.2 Å². The van der Waals surface area contributed by atoms with Crippen LogP contribution in [0.15, 0.2) is 18.2 Å². The lowest BCUT2D eigenvalue weighted by atomic mass is 10.1. The molecular weight excluding hydrogens is 254 g/mol. The van der Waals surface area contributed by atoms with Gasteiger partial charge in [0.05, 0.1) is 5.56 Å². The van der Waals surface area contributed by atoms with Crippen LogP contribution in [0.4, 0.5) is 0 Å². The van der Waals surface area contributed by atoms with Crippen molar-refractivity contribution in [3.63, 3.8) is 0 Å². The van der Waals surface area contributed by atoms with Crippen LogP contribution in [0.5, 0.6) is 5.75 Å². The van der Waals surface area contributed by atoms with Gasteiger partial charge in [0.2, 0.25) is 0 Å². The Kier molecular flexibility index (Phi) is 6.02. The third kappa shape index (κ3) is 4.53. The summed E-state index contributed by atoms with van der Waals surface area (Å²) in [5.74, 6) is -0.159. The van der Waals surface area contributed by atoms with Crippen molar-refractivity contribution in [1.82, 2.24) is 4.90 Å². The number of hydrogen-bond acceptors (Lipinski definition) is 3. The van der Waals surface area contributed by atoms with E-state index in [9.17, 15) is 4.79 Å². The van der Waals surface area contributed by atoms with Gasteiger partial charge in [0.1, 0.15) is 12.4 Å². The zero-order chi connectivity index (χ0) is 15.3. The minimum Gasteiger partial charge on any atom is -0.492 e. The molecule has 1 aromatic carbocycles. The molecule has 0 heterocycles. The quantitative estimate of drug-likeness (QED) is 0.832. The van der Waals surface area contributed by atoms with E-state index in [0.29, 0.717) is 24.3 Å². The van der Waals surface area contributed by atoms with Gasteiger partial charge in [-0.3, -0.25) is 4.90 Å². The maximum atomic E-state index is 10.9. The summed E-state index contributed by atoms with van der Waals surface area (Å²) < 4.78 is 5.77. The Morgan fingerprint density at radius 2 is 1.85 bits per heavy atom. The van der Waals surface area contributed by atoms with E-state index >= 15 is 0 Å². The number of rotatable bonds is 7. The third-order valence-electron chi connectivity index (χ3n) is 3.36. The maximum absolute atomic E-state index is 10.9. The van der Waals surface area contributed by atoms with E-state index in [-0.39, 0.29) is 0 Å². The van der Waals surface area contributed by atoms with Gasteiger partial charge in [0, 0.05) is 18.6 Å². The SMILES string of the molecule is Cc1cc(C(=O)O)ccc1OCCN(C(C)C)C(C)C. The van der Waals surface area contributed by atoms with Crippen molar-refractivity contribution in [2.45, 2.75) is 46.7 Å². The number of aromatic carboxylic acids is 1. The minimum atomic E-state index is -0.912. The molecule has 20 heavy (non-hydrogen) atoms. The largest absolute Gasteiger partial charge is 0.492 e. The van der Waals surface area contributed by atoms with Crippen LogP contribution in [0, 0.1) is 6.92 Å². The summed E-state index contributed by atoms with van der Waals surface area (Å²) in [5.41, 5.74) is 1.14. The Balaban J connectivity index is 2.60. The lowest BCUT2D eigenvalue weighted by Crippen LogP contribution is -2.39. The number of ether oxygens (including phenoxy) is 1. The maximum Gasteiger partial charge on any atom is 0.335 e. The van der Waals surface area contributed by atoms with Crippen LogP contribution < -0.4 is 4.74 Å². The zero-order valence-electron chi connectivity index (χ0n) is 13.0. The fraction of sp³-hybridized carbons (Fsp3) is 0.562. The average Bonchev–Trinajstić information content (AvgIpc) is 2.34. The van der Waals surface area contributed by atoms with Gasteiger partial charge in [-0.25, -0.2) is 4.79 Å². The molecule has 0 saturated heterocycles. The Labute approximate surface area is 121 Å². The summed E-state index contributed by atoms with van der Waals surface area (Å²) in [4.78, 5) is 13.2. The molecule has 0 atom stereocenters. The van der Waals surface area contributed by atoms with Gasteiger partial charge >= 0.3 is 5.97 Å². The molecule has 0 unspecified atom stereocenters. The molecule has 112 valence electrons. The highest BCUT2D eigenvalue weighted by atomic mass is 16.5. The molecule has 1 N–H and O–H groups in total. The van der Waals surface area contributed by atoms with Crippen molar-refractivity contribution in [3.8, 4) is 5.75 Å². The number of carbonyl (C=O) groups is 1. The summed E-state index contributed by atoms with van der Waals surface area (Å²) in [6.07, 6.45) is 0. The molecule has 1 rings (SSSR count). The van der Waals surface area contributed by atoms with Gasteiger partial charge in [0.25, 0.3) is 0 Å². The summed E-state index contributed by atoms with van der Waals surface area (Å²) in [5, 5.41) is 8.92. The van der Waals surface area contributed by atoms with E-state index in [4.69, 9.17) is 9.84 Å². The fourth-order valence-corrected chi connectivity index (χ4v) is 2.32. The highest BCUT2D eigenvalue weighted by Gasteiger charge is 2.13. The number of nitrogens with zero attached hydrogens (tertiary/aromatic N) is 1. The van der Waals surface area contributed by atoms with Crippen LogP contribution in [0.1, 0.15) is 43.6 Å². The molecule has 0 amide bonds. The first-order valence-electron chi connectivity index (χ1n) is 7.05. The highest BCUT2D eigenvalue weighted by molar-refractivity contribution is 5.88. The number of carboxylic acids is 1. The van der Waals surface area contributed by atoms with Crippen molar-refractivity contribution in [1.29, 1.82) is 0 Å². The molecule has 0 aliphatic heterocycles. The summed E-state index contributed by atoms with van der Waals surface area (Å²) >= 11 is 0. The molecule has 0 spiro atoms. The first-order chi connectivity index (χ1) is 9.32. The van der Waals surface area contributed by atoms with Crippen molar-refractivity contribution in [2.75, 3.05) is 13.2 Å². The van der Waals surface area contributed by atoms with Crippen molar-refractivity contribution in [2.24, 2.45) is 0 Å². The van der Waals surface area contributed by atoms with Crippen LogP contribution in [0.2, 0.25) is 0 Å². The Morgan fingerprint density at radius 3 is 2.30 bits per heavy atom. The number of aryl methyl sites for hydroxylation is 1. The molecule has 4 nitrogen and oxygen atoms in total. The molecule has 0 bridgehead atoms. The van der Waals surface area contributed by atoms with Gasteiger partial charge in [-0.15, -0.1) is 0 Å². The smallest absolute Gasteiger partial charge is 0.335 e. The van der Waals surface area contributed by atoms with Crippen LogP contribution in [-0.2, 0) is 0 Å². The lowest BCUT2D eigenvalue weighted by Gasteiger charge is -2.30. The number of carboxylic acid groups (broad SMARTS) is 1. The summed E-state index contributed by atoms with van der Waals surface area (Å²) in [6.45, 7) is 12.0. The first-order valence-corrected chi connectivity index (χ1v) is 7.05. The normalized spacial score (nSPS) is 11.4. The topological polar surface area (TPSA) is 49.8 Å². The Morgan fingerprint density at radius 1 is 1.25 bits per heavy atom. The predicted octanol–water partition coefficient (Wildman–Crippen LogP) is 3.19. The number of hydrogen-bond donors (Lipinski definition) is 1. The monoisotopic (exact) mass is 279 g/mol. The van der Waals surface area contributed by atoms with Crippen LogP contribution in [0.25, 0.3) is 0 Å². The predicted molar refractivity (Wildman–Crippen MR) is 80.6 cm³/mol. The molecule has 4 heteroatoms. The van der Waals surface area contributed by atoms with Crippen molar-refractivity contribution in [3.05, 3.63) is 29.3 Å². The zero-order valence-corrected chi connectivity index (χ0v) is 13.0. The fourth-order valence-electron chi connectivity index (χ4n) is 2.32. The Bertz CT molecular complexity index is 447. The van der Waals surface area contributed by atoms with E-state index in [1.165, 1.54) is 0 Å². The van der Waals surface area contributed by atoms with Crippen molar-refractivity contribution >= 4 is 5.97 Å². The standard InChI is InChI=1S/C16H25NO3/c1-11(2)17(12(3)4)8-9-20-15-7-6-14(16(18)19)10-13(15)5/h6-7,10-12H,8-9H2,1-5H3,(H,18,19). The van der Waals surface area contributed by atoms with Gasteiger partial charge in [-0.1, -0.05) is 0 Å². The lowest BCUT2D eigenvalue weighted by molar-refractivity contribution is 0.0696. The van der Waals surface area contributed by atoms with E-state index in [2.05, 4.69) is 32.6 Å². The second-order valence-corrected chi connectivity index (χ2v) is 5.56. The molecule has 1 aromatic rings. The summed E-state index contributed by atoms with van der Waals surface area (Å²) in [7, 11) is 0. The van der Waals surface area contributed by atoms with Crippen molar-refractivity contribution < 1.29 is 14.6 Å². The van der Waals surface area contributed by atoms with Crippen LogP contribution in [-0.4, -0.2) is 41.2 Å². The molecule has 0 saturated carbocycles. The van der Waals surface area contributed by atoms with Gasteiger partial charge < -0.3 is 9.84 Å². The van der Waals surface area contributed by atoms with Gasteiger partial charge in [-0.2, -0.15) is 0 Å². The van der Waals surface area contributed by atoms with E-state index in [1.807, 2.05) is 6.92 Å². The average molecular weight is 279 g/mol. The molecule has 0 aromatic heterocycles. The summed E-state index contributed by atoms with van der Waals surface area (Å²) in [6, 6.07) is 5.91. The first kappa shape index (κ1) is 16.5. The van der Waals surface area contributed by atoms with E-state index in [0.717, 1.165) is 17.9 Å². The second-order valence-electron chi connectivity index (χ2n) is 5.56. The highest BCUT2D eigenvalue weighted by Crippen LogP contribution is 2.19. The van der Waals surface area contributed by atoms with E-state index < -0.39 is 5.97 Å². The molecule has 0 fully saturated rings. The molecular formula is C16H25NO3. The van der Waals surface area contributed by atoms with Crippen LogP contribution in [0.3, 0.4) is 0 Å². The molecule has 0 aliphatic rings. The van der Waals surface area contributed by atoms with Gasteiger partial charge in [0.15, 0.2) is 0 Å². The minimum absolute atomic E-state index is 0.292. The third-order valence-corrected chi connectivity index (χ3v) is 3.36. The Hall–Kier alpha value is -1.55. The number of benzene rings is 1. The van der Waals surface area contributed by atoms with Crippen LogP contribution >= 0.6 is 0 Å². The molecule has 0 aliphatic carbocycles. The second kappa shape index (κ2) is 7.29. The van der Waals surface area contributed by atoms with Gasteiger partial charge in [-0.05, 0) is 58.4 Å². The molecule has 0 radical (unpaired) electrons.